The average molecular weight is 525 g/mol. The lowest BCUT2D eigenvalue weighted by atomic mass is 9.97. The summed E-state index contributed by atoms with van der Waals surface area (Å²) in [7, 11) is 3.15. The predicted molar refractivity (Wildman–Crippen MR) is 140 cm³/mol. The lowest BCUT2D eigenvalue weighted by Crippen LogP contribution is -2.29. The van der Waals surface area contributed by atoms with Gasteiger partial charge in [0.1, 0.15) is 17.3 Å². The molecule has 2 aromatic carbocycles. The van der Waals surface area contributed by atoms with E-state index in [1.807, 2.05) is 4.90 Å². The van der Waals surface area contributed by atoms with Crippen LogP contribution in [0, 0.1) is 5.82 Å². The topological polar surface area (TPSA) is 92.8 Å². The van der Waals surface area contributed by atoms with Crippen LogP contribution in [0.3, 0.4) is 0 Å². The van der Waals surface area contributed by atoms with Crippen LogP contribution < -0.4 is 15.3 Å². The number of imidazole rings is 1. The molecule has 0 aliphatic carbocycles. The van der Waals surface area contributed by atoms with Crippen molar-refractivity contribution in [3.63, 3.8) is 0 Å². The highest BCUT2D eigenvalue weighted by atomic mass is 35.5. The van der Waals surface area contributed by atoms with Crippen LogP contribution in [0.5, 0.6) is 11.6 Å². The second kappa shape index (κ2) is 9.24. The van der Waals surface area contributed by atoms with Crippen molar-refractivity contribution in [3.05, 3.63) is 76.3 Å². The number of rotatable bonds is 5. The monoisotopic (exact) mass is 524 g/mol. The van der Waals surface area contributed by atoms with Gasteiger partial charge >= 0.3 is 5.69 Å². The Morgan fingerprint density at radius 2 is 1.84 bits per heavy atom. The summed E-state index contributed by atoms with van der Waals surface area (Å²) in [4.78, 5) is 18.7. The molecule has 5 rings (SSSR count). The number of anilines is 1. The molecule has 0 unspecified atom stereocenters. The van der Waals surface area contributed by atoms with E-state index in [2.05, 4.69) is 4.98 Å². The van der Waals surface area contributed by atoms with E-state index < -0.39 is 11.4 Å². The van der Waals surface area contributed by atoms with E-state index in [0.29, 0.717) is 47.9 Å². The van der Waals surface area contributed by atoms with Gasteiger partial charge in [0.05, 0.1) is 23.4 Å². The van der Waals surface area contributed by atoms with Gasteiger partial charge in [0.25, 0.3) is 0 Å². The Morgan fingerprint density at radius 1 is 1.11 bits per heavy atom. The van der Waals surface area contributed by atoms with Crippen molar-refractivity contribution in [1.29, 1.82) is 0 Å². The third-order valence-corrected chi connectivity index (χ3v) is 6.97. The second-order valence-electron chi connectivity index (χ2n) is 9.50. The largest absolute Gasteiger partial charge is 0.507 e. The van der Waals surface area contributed by atoms with Crippen molar-refractivity contribution >= 4 is 17.3 Å². The summed E-state index contributed by atoms with van der Waals surface area (Å²) < 4.78 is 23.1. The number of β-amino-alcohol motifs (C(OH)–C–C–N with tert-alkyl or cyclic N) is 1. The molecular formula is C27H26ClFN4O4. The summed E-state index contributed by atoms with van der Waals surface area (Å²) in [6.45, 7) is 2.76. The van der Waals surface area contributed by atoms with Crippen LogP contribution in [-0.4, -0.2) is 50.1 Å². The fourth-order valence-electron chi connectivity index (χ4n) is 4.68. The standard InChI is InChI=1S/C27H26ClFN4O4/c1-27(36)6-7-32(15-27)23-11-17(14-30-25(23)37-3)20-13-18(29)12-19(24(20)34)16-4-5-22(21(28)10-16)33-9-8-31(2)26(33)35/h4-5,8-14,34,36H,6-7,15H2,1-3H3/t27-/m1/s1. The van der Waals surface area contributed by atoms with Gasteiger partial charge in [-0.3, -0.25) is 4.57 Å². The number of hydrogen-bond donors (Lipinski definition) is 2. The van der Waals surface area contributed by atoms with Crippen molar-refractivity contribution in [2.45, 2.75) is 18.9 Å². The molecule has 1 atom stereocenters. The first-order valence-electron chi connectivity index (χ1n) is 11.7. The zero-order valence-corrected chi connectivity index (χ0v) is 21.3. The molecule has 4 aromatic rings. The van der Waals surface area contributed by atoms with Crippen molar-refractivity contribution in [3.8, 4) is 39.6 Å². The first-order valence-corrected chi connectivity index (χ1v) is 12.0. The highest BCUT2D eigenvalue weighted by Gasteiger charge is 2.33. The Morgan fingerprint density at radius 3 is 2.43 bits per heavy atom. The van der Waals surface area contributed by atoms with E-state index in [9.17, 15) is 19.4 Å². The maximum atomic E-state index is 14.8. The van der Waals surface area contributed by atoms with Crippen molar-refractivity contribution in [2.75, 3.05) is 25.1 Å². The predicted octanol–water partition coefficient (Wildman–Crippen LogP) is 4.37. The molecule has 8 nitrogen and oxygen atoms in total. The van der Waals surface area contributed by atoms with Crippen LogP contribution in [0.2, 0.25) is 5.02 Å². The van der Waals surface area contributed by atoms with Gasteiger partial charge in [-0.15, -0.1) is 0 Å². The summed E-state index contributed by atoms with van der Waals surface area (Å²) >= 11 is 6.50. The van der Waals surface area contributed by atoms with Gasteiger partial charge in [0, 0.05) is 55.4 Å². The molecule has 2 aromatic heterocycles. The minimum Gasteiger partial charge on any atom is -0.507 e. The van der Waals surface area contributed by atoms with Gasteiger partial charge in [-0.1, -0.05) is 17.7 Å². The maximum absolute atomic E-state index is 14.8. The molecule has 0 spiro atoms. The zero-order chi connectivity index (χ0) is 26.5. The third-order valence-electron chi connectivity index (χ3n) is 6.67. The summed E-state index contributed by atoms with van der Waals surface area (Å²) in [5.41, 5.74) is 1.47. The Hall–Kier alpha value is -3.82. The fourth-order valence-corrected chi connectivity index (χ4v) is 4.95. The van der Waals surface area contributed by atoms with E-state index >= 15 is 0 Å². The van der Waals surface area contributed by atoms with Gasteiger partial charge in [-0.2, -0.15) is 0 Å². The normalized spacial score (nSPS) is 17.4. The van der Waals surface area contributed by atoms with Crippen molar-refractivity contribution < 1.29 is 19.3 Å². The van der Waals surface area contributed by atoms with E-state index in [1.54, 1.807) is 50.6 Å². The summed E-state index contributed by atoms with van der Waals surface area (Å²) in [6.07, 6.45) is 5.32. The van der Waals surface area contributed by atoms with E-state index in [-0.39, 0.29) is 27.6 Å². The summed E-state index contributed by atoms with van der Waals surface area (Å²) in [6, 6.07) is 9.14. The molecule has 192 valence electrons. The highest BCUT2D eigenvalue weighted by Crippen LogP contribution is 2.42. The Balaban J connectivity index is 1.57. The molecule has 0 amide bonds. The lowest BCUT2D eigenvalue weighted by molar-refractivity contribution is 0.0839. The molecule has 3 heterocycles. The number of halogens is 2. The fraction of sp³-hybridized carbons (Fsp3) is 0.259. The summed E-state index contributed by atoms with van der Waals surface area (Å²) in [5, 5.41) is 21.9. The minimum atomic E-state index is -0.842. The molecule has 37 heavy (non-hydrogen) atoms. The minimum absolute atomic E-state index is 0.145. The Kier molecular flexibility index (Phi) is 6.21. The van der Waals surface area contributed by atoms with Gasteiger partial charge in [-0.25, -0.2) is 14.2 Å². The van der Waals surface area contributed by atoms with Gasteiger partial charge in [0.15, 0.2) is 0 Å². The molecule has 1 aliphatic rings. The third kappa shape index (κ3) is 4.56. The average Bonchev–Trinajstić information content (AvgIpc) is 3.40. The second-order valence-corrected chi connectivity index (χ2v) is 9.91. The molecule has 2 N–H and O–H groups in total. The van der Waals surface area contributed by atoms with Crippen LogP contribution >= 0.6 is 11.6 Å². The van der Waals surface area contributed by atoms with Crippen molar-refractivity contribution in [2.24, 2.45) is 7.05 Å². The van der Waals surface area contributed by atoms with Crippen LogP contribution in [0.15, 0.2) is 59.8 Å². The molecule has 1 aliphatic heterocycles. The number of ether oxygens (including phenoxy) is 1. The molecular weight excluding hydrogens is 499 g/mol. The molecule has 0 radical (unpaired) electrons. The Labute approximate surface area is 217 Å². The number of phenolic OH excluding ortho intramolecular Hbond substituents is 1. The highest BCUT2D eigenvalue weighted by molar-refractivity contribution is 6.32. The molecule has 0 bridgehead atoms. The molecule has 1 saturated heterocycles. The van der Waals surface area contributed by atoms with E-state index in [4.69, 9.17) is 16.3 Å². The molecule has 1 fully saturated rings. The van der Waals surface area contributed by atoms with Crippen LogP contribution in [0.1, 0.15) is 13.3 Å². The van der Waals surface area contributed by atoms with E-state index in [0.717, 1.165) is 0 Å². The number of aromatic hydroxyl groups is 1. The number of aryl methyl sites for hydroxylation is 1. The first kappa shape index (κ1) is 24.9. The number of nitrogens with zero attached hydrogens (tertiary/aromatic N) is 4. The number of methoxy groups -OCH3 is 1. The van der Waals surface area contributed by atoms with Crippen LogP contribution in [-0.2, 0) is 7.05 Å². The number of phenols is 1. The number of pyridine rings is 1. The molecule has 10 heteroatoms. The number of aliphatic hydroxyl groups is 1. The number of benzene rings is 2. The number of hydrogen-bond acceptors (Lipinski definition) is 6. The number of aromatic nitrogens is 3. The SMILES string of the molecule is COc1ncc(-c2cc(F)cc(-c3ccc(-n4ccn(C)c4=O)c(Cl)c3)c2O)cc1N1CC[C@@](C)(O)C1. The smallest absolute Gasteiger partial charge is 0.332 e. The maximum Gasteiger partial charge on any atom is 0.332 e. The van der Waals surface area contributed by atoms with E-state index in [1.165, 1.54) is 34.6 Å². The summed E-state index contributed by atoms with van der Waals surface area (Å²) in [5.74, 6) is -0.326. The lowest BCUT2D eigenvalue weighted by Gasteiger charge is -2.23. The molecule has 0 saturated carbocycles. The van der Waals surface area contributed by atoms with Gasteiger partial charge in [-0.05, 0) is 49.2 Å². The quantitative estimate of drug-likeness (QED) is 0.403. The van der Waals surface area contributed by atoms with Gasteiger partial charge in [0.2, 0.25) is 5.88 Å². The van der Waals surface area contributed by atoms with Crippen LogP contribution in [0.4, 0.5) is 10.1 Å². The van der Waals surface area contributed by atoms with Gasteiger partial charge < -0.3 is 24.4 Å². The first-order chi connectivity index (χ1) is 17.6. The van der Waals surface area contributed by atoms with Crippen molar-refractivity contribution in [1.82, 2.24) is 14.1 Å². The Bertz CT molecular complexity index is 1560. The zero-order valence-electron chi connectivity index (χ0n) is 20.6. The van der Waals surface area contributed by atoms with Crippen LogP contribution in [0.25, 0.3) is 27.9 Å².